The number of amides is 1. The van der Waals surface area contributed by atoms with Gasteiger partial charge in [0, 0.05) is 32.2 Å². The van der Waals surface area contributed by atoms with Crippen LogP contribution in [-0.2, 0) is 12.1 Å². The molecular weight excluding hydrogens is 310 g/mol. The topological polar surface area (TPSA) is 44.4 Å². The predicted octanol–water partition coefficient (Wildman–Crippen LogP) is 2.76. The summed E-state index contributed by atoms with van der Waals surface area (Å²) in [6.45, 7) is 5.45. The van der Waals surface area contributed by atoms with Crippen molar-refractivity contribution >= 4 is 5.91 Å². The van der Waals surface area contributed by atoms with Crippen LogP contribution in [0.4, 0.5) is 0 Å². The molecule has 1 saturated heterocycles. The number of nitrogens with zero attached hydrogens (tertiary/aromatic N) is 1. The molecule has 2 aromatic carbocycles. The standard InChI is InChI=1S/C21H27N3O/c1-3-24(2)20(25)18-11-9-17(10-12-18)15-23-21(13-14-22-16-21)19-7-5-4-6-8-19/h4-12,22-23H,3,13-16H2,1-2H3. The molecule has 4 heteroatoms. The molecule has 1 fully saturated rings. The fourth-order valence-electron chi connectivity index (χ4n) is 3.35. The molecule has 1 amide bonds. The van der Waals surface area contributed by atoms with Crippen molar-refractivity contribution < 1.29 is 4.79 Å². The highest BCUT2D eigenvalue weighted by Gasteiger charge is 2.34. The first-order valence-electron chi connectivity index (χ1n) is 9.00. The van der Waals surface area contributed by atoms with Crippen LogP contribution in [0, 0.1) is 0 Å². The Kier molecular flexibility index (Phi) is 5.51. The third kappa shape index (κ3) is 3.91. The number of rotatable bonds is 6. The van der Waals surface area contributed by atoms with Gasteiger partial charge >= 0.3 is 0 Å². The summed E-state index contributed by atoms with van der Waals surface area (Å²) >= 11 is 0. The molecule has 0 aromatic heterocycles. The highest BCUT2D eigenvalue weighted by Crippen LogP contribution is 2.28. The van der Waals surface area contributed by atoms with E-state index in [1.807, 2.05) is 38.2 Å². The predicted molar refractivity (Wildman–Crippen MR) is 102 cm³/mol. The number of benzene rings is 2. The Hall–Kier alpha value is -2.17. The Balaban J connectivity index is 1.69. The summed E-state index contributed by atoms with van der Waals surface area (Å²) < 4.78 is 0. The van der Waals surface area contributed by atoms with Crippen LogP contribution >= 0.6 is 0 Å². The average Bonchev–Trinajstić information content (AvgIpc) is 3.16. The first-order valence-corrected chi connectivity index (χ1v) is 9.00. The quantitative estimate of drug-likeness (QED) is 0.852. The van der Waals surface area contributed by atoms with Crippen LogP contribution in [-0.4, -0.2) is 37.5 Å². The number of hydrogen-bond acceptors (Lipinski definition) is 3. The lowest BCUT2D eigenvalue weighted by Gasteiger charge is -2.30. The van der Waals surface area contributed by atoms with E-state index in [2.05, 4.69) is 41.0 Å². The Bertz CT molecular complexity index is 691. The van der Waals surface area contributed by atoms with Crippen molar-refractivity contribution in [3.05, 3.63) is 71.3 Å². The second-order valence-electron chi connectivity index (χ2n) is 6.74. The normalized spacial score (nSPS) is 19.8. The highest BCUT2D eigenvalue weighted by molar-refractivity contribution is 5.94. The number of hydrogen-bond donors (Lipinski definition) is 2. The van der Waals surface area contributed by atoms with Gasteiger partial charge in [0.15, 0.2) is 0 Å². The van der Waals surface area contributed by atoms with Gasteiger partial charge in [0.05, 0.1) is 5.54 Å². The molecule has 25 heavy (non-hydrogen) atoms. The molecule has 3 rings (SSSR count). The van der Waals surface area contributed by atoms with Gasteiger partial charge in [-0.25, -0.2) is 0 Å². The number of carbonyl (C=O) groups is 1. The zero-order valence-electron chi connectivity index (χ0n) is 15.1. The average molecular weight is 337 g/mol. The van der Waals surface area contributed by atoms with Crippen molar-refractivity contribution in [1.29, 1.82) is 0 Å². The molecule has 0 saturated carbocycles. The van der Waals surface area contributed by atoms with Gasteiger partial charge < -0.3 is 15.5 Å². The molecular formula is C21H27N3O. The van der Waals surface area contributed by atoms with E-state index in [1.54, 1.807) is 4.90 Å². The van der Waals surface area contributed by atoms with Crippen molar-refractivity contribution in [3.63, 3.8) is 0 Å². The van der Waals surface area contributed by atoms with E-state index in [-0.39, 0.29) is 11.4 Å². The second kappa shape index (κ2) is 7.81. The molecule has 0 spiro atoms. The lowest BCUT2D eigenvalue weighted by molar-refractivity contribution is 0.0802. The van der Waals surface area contributed by atoms with Gasteiger partial charge in [-0.3, -0.25) is 4.79 Å². The van der Waals surface area contributed by atoms with E-state index in [9.17, 15) is 4.79 Å². The largest absolute Gasteiger partial charge is 0.342 e. The third-order valence-electron chi connectivity index (χ3n) is 5.13. The van der Waals surface area contributed by atoms with Gasteiger partial charge in [-0.15, -0.1) is 0 Å². The van der Waals surface area contributed by atoms with E-state index in [0.29, 0.717) is 6.54 Å². The van der Waals surface area contributed by atoms with Crippen molar-refractivity contribution in [2.75, 3.05) is 26.7 Å². The van der Waals surface area contributed by atoms with Crippen molar-refractivity contribution in [3.8, 4) is 0 Å². The van der Waals surface area contributed by atoms with E-state index >= 15 is 0 Å². The van der Waals surface area contributed by atoms with Crippen LogP contribution < -0.4 is 10.6 Å². The van der Waals surface area contributed by atoms with Crippen molar-refractivity contribution in [1.82, 2.24) is 15.5 Å². The molecule has 1 aliphatic rings. The lowest BCUT2D eigenvalue weighted by atomic mass is 9.88. The molecule has 4 nitrogen and oxygen atoms in total. The summed E-state index contributed by atoms with van der Waals surface area (Å²) in [6, 6.07) is 18.6. The van der Waals surface area contributed by atoms with Crippen LogP contribution in [0.15, 0.2) is 54.6 Å². The summed E-state index contributed by atoms with van der Waals surface area (Å²) in [4.78, 5) is 13.9. The van der Waals surface area contributed by atoms with E-state index in [0.717, 1.165) is 31.6 Å². The first kappa shape index (κ1) is 17.6. The molecule has 0 bridgehead atoms. The van der Waals surface area contributed by atoms with Gasteiger partial charge in [0.2, 0.25) is 0 Å². The first-order chi connectivity index (χ1) is 12.1. The number of nitrogens with one attached hydrogen (secondary N) is 2. The Morgan fingerprint density at radius 1 is 1.16 bits per heavy atom. The van der Waals surface area contributed by atoms with Crippen LogP contribution in [0.1, 0.15) is 34.8 Å². The van der Waals surface area contributed by atoms with E-state index in [1.165, 1.54) is 11.1 Å². The Morgan fingerprint density at radius 2 is 1.88 bits per heavy atom. The molecule has 1 atom stereocenters. The van der Waals surface area contributed by atoms with Crippen molar-refractivity contribution in [2.24, 2.45) is 0 Å². The van der Waals surface area contributed by atoms with Crippen molar-refractivity contribution in [2.45, 2.75) is 25.4 Å². The van der Waals surface area contributed by atoms with Gasteiger partial charge in [-0.1, -0.05) is 42.5 Å². The van der Waals surface area contributed by atoms with Crippen LogP contribution in [0.3, 0.4) is 0 Å². The fraction of sp³-hybridized carbons (Fsp3) is 0.381. The maximum absolute atomic E-state index is 12.2. The second-order valence-corrected chi connectivity index (χ2v) is 6.74. The highest BCUT2D eigenvalue weighted by atomic mass is 16.2. The minimum Gasteiger partial charge on any atom is -0.342 e. The van der Waals surface area contributed by atoms with E-state index < -0.39 is 0 Å². The molecule has 1 unspecified atom stereocenters. The number of carbonyl (C=O) groups excluding carboxylic acids is 1. The summed E-state index contributed by atoms with van der Waals surface area (Å²) in [5, 5.41) is 7.23. The molecule has 1 heterocycles. The summed E-state index contributed by atoms with van der Waals surface area (Å²) in [6.07, 6.45) is 1.08. The van der Waals surface area contributed by atoms with Crippen LogP contribution in [0.5, 0.6) is 0 Å². The maximum atomic E-state index is 12.2. The van der Waals surface area contributed by atoms with Gasteiger partial charge in [-0.2, -0.15) is 0 Å². The SMILES string of the molecule is CCN(C)C(=O)c1ccc(CNC2(c3ccccc3)CCNC2)cc1. The zero-order valence-corrected chi connectivity index (χ0v) is 15.1. The maximum Gasteiger partial charge on any atom is 0.253 e. The molecule has 1 aliphatic heterocycles. The molecule has 0 aliphatic carbocycles. The van der Waals surface area contributed by atoms with Gasteiger partial charge in [-0.05, 0) is 43.1 Å². The monoisotopic (exact) mass is 337 g/mol. The third-order valence-corrected chi connectivity index (χ3v) is 5.13. The Labute approximate surface area is 150 Å². The summed E-state index contributed by atoms with van der Waals surface area (Å²) in [7, 11) is 1.83. The van der Waals surface area contributed by atoms with Crippen LogP contribution in [0.2, 0.25) is 0 Å². The van der Waals surface area contributed by atoms with Gasteiger partial charge in [0.25, 0.3) is 5.91 Å². The minimum atomic E-state index is -0.0157. The minimum absolute atomic E-state index is 0.0157. The molecule has 132 valence electrons. The smallest absolute Gasteiger partial charge is 0.253 e. The summed E-state index contributed by atoms with van der Waals surface area (Å²) in [5.74, 6) is 0.0720. The lowest BCUT2D eigenvalue weighted by Crippen LogP contribution is -2.43. The fourth-order valence-corrected chi connectivity index (χ4v) is 3.35. The zero-order chi connectivity index (χ0) is 17.7. The molecule has 2 N–H and O–H groups in total. The molecule has 2 aromatic rings. The Morgan fingerprint density at radius 3 is 2.48 bits per heavy atom. The molecule has 0 radical (unpaired) electrons. The van der Waals surface area contributed by atoms with E-state index in [4.69, 9.17) is 0 Å². The van der Waals surface area contributed by atoms with Crippen LogP contribution in [0.25, 0.3) is 0 Å². The van der Waals surface area contributed by atoms with Gasteiger partial charge in [0.1, 0.15) is 0 Å². The summed E-state index contributed by atoms with van der Waals surface area (Å²) in [5.41, 5.74) is 3.25.